The molecule has 0 saturated heterocycles. The Kier molecular flexibility index (Phi) is 6.23. The van der Waals surface area contributed by atoms with Crippen LogP contribution in [0.4, 0.5) is 13.2 Å². The van der Waals surface area contributed by atoms with Crippen molar-refractivity contribution in [3.8, 4) is 11.1 Å². The van der Waals surface area contributed by atoms with Gasteiger partial charge in [-0.2, -0.15) is 13.2 Å². The molecule has 3 aromatic carbocycles. The molecule has 0 fully saturated rings. The summed E-state index contributed by atoms with van der Waals surface area (Å²) in [4.78, 5) is 24.4. The predicted molar refractivity (Wildman–Crippen MR) is 125 cm³/mol. The summed E-state index contributed by atoms with van der Waals surface area (Å²) >= 11 is 6.03. The number of hydrogen-bond donors (Lipinski definition) is 1. The van der Waals surface area contributed by atoms with Crippen molar-refractivity contribution in [3.63, 3.8) is 0 Å². The third-order valence-electron chi connectivity index (χ3n) is 5.68. The van der Waals surface area contributed by atoms with Crippen molar-refractivity contribution >= 4 is 28.5 Å². The number of carbonyl (C=O) groups is 1. The van der Waals surface area contributed by atoms with E-state index >= 15 is 0 Å². The second-order valence-electron chi connectivity index (χ2n) is 8.01. The number of aliphatic carboxylic acids is 1. The summed E-state index contributed by atoms with van der Waals surface area (Å²) < 4.78 is 41.0. The molecule has 0 atom stereocenters. The average Bonchev–Trinajstić information content (AvgIpc) is 2.77. The van der Waals surface area contributed by atoms with Gasteiger partial charge in [-0.05, 0) is 71.1 Å². The Labute approximate surface area is 197 Å². The van der Waals surface area contributed by atoms with Gasteiger partial charge in [-0.1, -0.05) is 35.9 Å². The van der Waals surface area contributed by atoms with Gasteiger partial charge < -0.3 is 9.67 Å². The van der Waals surface area contributed by atoms with E-state index in [-0.39, 0.29) is 18.5 Å². The molecular formula is C26H19ClF3NO3. The molecule has 1 N–H and O–H groups in total. The van der Waals surface area contributed by atoms with Gasteiger partial charge in [0.25, 0.3) is 5.56 Å². The normalized spacial score (nSPS) is 11.7. The highest BCUT2D eigenvalue weighted by Crippen LogP contribution is 2.35. The first kappa shape index (κ1) is 23.6. The van der Waals surface area contributed by atoms with Crippen LogP contribution in [-0.4, -0.2) is 15.6 Å². The number of nitrogens with zero attached hydrogens (tertiary/aromatic N) is 1. The number of fused-ring (bicyclic) bond motifs is 1. The van der Waals surface area contributed by atoms with Crippen molar-refractivity contribution in [2.45, 2.75) is 26.1 Å². The van der Waals surface area contributed by atoms with Crippen LogP contribution in [0.15, 0.2) is 71.5 Å². The number of hydrogen-bond acceptors (Lipinski definition) is 2. The van der Waals surface area contributed by atoms with E-state index in [1.807, 2.05) is 0 Å². The lowest BCUT2D eigenvalue weighted by Crippen LogP contribution is -2.21. The van der Waals surface area contributed by atoms with Gasteiger partial charge in [0, 0.05) is 16.5 Å². The Balaban J connectivity index is 1.97. The SMILES string of the molecule is Cc1cc2c(ccc(=O)n2Cc2cccc(C(F)(F)F)c2)c(-c2ccc(Cl)cc2)c1CC(=O)O. The van der Waals surface area contributed by atoms with Crippen molar-refractivity contribution in [3.05, 3.63) is 104 Å². The first-order valence-electron chi connectivity index (χ1n) is 10.3. The quantitative estimate of drug-likeness (QED) is 0.359. The summed E-state index contributed by atoms with van der Waals surface area (Å²) in [6, 6.07) is 16.4. The molecule has 0 aliphatic carbocycles. The summed E-state index contributed by atoms with van der Waals surface area (Å²) in [6.07, 6.45) is -4.73. The van der Waals surface area contributed by atoms with E-state index in [1.54, 1.807) is 43.3 Å². The molecule has 4 aromatic rings. The molecule has 4 nitrogen and oxygen atoms in total. The Hall–Kier alpha value is -3.58. The number of aryl methyl sites for hydroxylation is 1. The zero-order chi connectivity index (χ0) is 24.6. The van der Waals surface area contributed by atoms with Gasteiger partial charge in [0.1, 0.15) is 0 Å². The smallest absolute Gasteiger partial charge is 0.416 e. The number of aromatic nitrogens is 1. The van der Waals surface area contributed by atoms with Crippen LogP contribution in [0.5, 0.6) is 0 Å². The summed E-state index contributed by atoms with van der Waals surface area (Å²) in [5, 5.41) is 10.6. The predicted octanol–water partition coefficient (Wildman–Crippen LogP) is 6.32. The number of carboxylic acids is 1. The Bertz CT molecular complexity index is 1460. The highest BCUT2D eigenvalue weighted by atomic mass is 35.5. The third kappa shape index (κ3) is 4.70. The van der Waals surface area contributed by atoms with Crippen LogP contribution >= 0.6 is 11.6 Å². The minimum atomic E-state index is -4.50. The highest BCUT2D eigenvalue weighted by molar-refractivity contribution is 6.30. The molecule has 8 heteroatoms. The lowest BCUT2D eigenvalue weighted by molar-refractivity contribution is -0.138. The molecule has 0 amide bonds. The van der Waals surface area contributed by atoms with Crippen molar-refractivity contribution in [1.82, 2.24) is 4.57 Å². The van der Waals surface area contributed by atoms with Gasteiger partial charge >= 0.3 is 12.1 Å². The topological polar surface area (TPSA) is 59.3 Å². The van der Waals surface area contributed by atoms with Crippen LogP contribution < -0.4 is 5.56 Å². The van der Waals surface area contributed by atoms with E-state index in [2.05, 4.69) is 0 Å². The number of halogens is 4. The minimum Gasteiger partial charge on any atom is -0.481 e. The van der Waals surface area contributed by atoms with E-state index in [1.165, 1.54) is 22.8 Å². The van der Waals surface area contributed by atoms with E-state index < -0.39 is 17.7 Å². The van der Waals surface area contributed by atoms with E-state index in [9.17, 15) is 27.9 Å². The van der Waals surface area contributed by atoms with Crippen LogP contribution in [-0.2, 0) is 23.9 Å². The molecule has 0 saturated carbocycles. The number of carboxylic acid groups (broad SMARTS) is 1. The van der Waals surface area contributed by atoms with E-state index in [0.29, 0.717) is 38.2 Å². The standard InChI is InChI=1S/C26H19ClF3NO3/c1-15-11-22-20(25(21(15)13-24(33)34)17-5-7-19(27)8-6-17)9-10-23(32)31(22)14-16-3-2-4-18(12-16)26(28,29)30/h2-12H,13-14H2,1H3,(H,33,34). The lowest BCUT2D eigenvalue weighted by Gasteiger charge is -2.19. The van der Waals surface area contributed by atoms with Crippen LogP contribution in [0.25, 0.3) is 22.0 Å². The minimum absolute atomic E-state index is 0.0716. The van der Waals surface area contributed by atoms with Crippen molar-refractivity contribution in [2.24, 2.45) is 0 Å². The third-order valence-corrected chi connectivity index (χ3v) is 5.93. The molecule has 0 bridgehead atoms. The molecule has 4 rings (SSSR count). The van der Waals surface area contributed by atoms with Gasteiger partial charge in [0.15, 0.2) is 0 Å². The first-order valence-corrected chi connectivity index (χ1v) is 10.7. The fraction of sp³-hybridized carbons (Fsp3) is 0.154. The lowest BCUT2D eigenvalue weighted by atomic mass is 9.90. The van der Waals surface area contributed by atoms with Gasteiger partial charge in [-0.3, -0.25) is 9.59 Å². The molecular weight excluding hydrogens is 467 g/mol. The summed E-state index contributed by atoms with van der Waals surface area (Å²) in [5.74, 6) is -1.00. The van der Waals surface area contributed by atoms with Gasteiger partial charge in [0.2, 0.25) is 0 Å². The zero-order valence-electron chi connectivity index (χ0n) is 18.0. The van der Waals surface area contributed by atoms with Crippen molar-refractivity contribution < 1.29 is 23.1 Å². The molecule has 0 aliphatic rings. The van der Waals surface area contributed by atoms with Crippen LogP contribution in [0.1, 0.15) is 22.3 Å². The Morgan fingerprint density at radius 2 is 1.74 bits per heavy atom. The van der Waals surface area contributed by atoms with E-state index in [4.69, 9.17) is 11.6 Å². The molecule has 174 valence electrons. The summed E-state index contributed by atoms with van der Waals surface area (Å²) in [5.41, 5.74) is 2.27. The fourth-order valence-corrected chi connectivity index (χ4v) is 4.26. The maximum atomic E-state index is 13.2. The van der Waals surface area contributed by atoms with Crippen LogP contribution in [0, 0.1) is 6.92 Å². The van der Waals surface area contributed by atoms with Crippen LogP contribution in [0.3, 0.4) is 0 Å². The average molecular weight is 486 g/mol. The molecule has 0 unspecified atom stereocenters. The fourth-order valence-electron chi connectivity index (χ4n) is 4.13. The number of alkyl halides is 3. The Morgan fingerprint density at radius 1 is 1.03 bits per heavy atom. The molecule has 1 aromatic heterocycles. The van der Waals surface area contributed by atoms with Crippen molar-refractivity contribution in [2.75, 3.05) is 0 Å². The Morgan fingerprint density at radius 3 is 2.38 bits per heavy atom. The summed E-state index contributed by atoms with van der Waals surface area (Å²) in [6.45, 7) is 1.68. The number of pyridine rings is 1. The zero-order valence-corrected chi connectivity index (χ0v) is 18.7. The number of benzene rings is 3. The van der Waals surface area contributed by atoms with Crippen molar-refractivity contribution in [1.29, 1.82) is 0 Å². The maximum absolute atomic E-state index is 13.2. The summed E-state index contributed by atoms with van der Waals surface area (Å²) in [7, 11) is 0. The number of rotatable bonds is 5. The first-order chi connectivity index (χ1) is 16.0. The van der Waals surface area contributed by atoms with Gasteiger partial charge in [-0.15, -0.1) is 0 Å². The monoisotopic (exact) mass is 485 g/mol. The van der Waals surface area contributed by atoms with E-state index in [0.717, 1.165) is 17.7 Å². The highest BCUT2D eigenvalue weighted by Gasteiger charge is 2.30. The largest absolute Gasteiger partial charge is 0.481 e. The van der Waals surface area contributed by atoms with Gasteiger partial charge in [0.05, 0.1) is 24.0 Å². The molecule has 1 heterocycles. The molecule has 0 radical (unpaired) electrons. The molecule has 0 aliphatic heterocycles. The second kappa shape index (κ2) is 8.99. The maximum Gasteiger partial charge on any atom is 0.416 e. The molecule has 0 spiro atoms. The second-order valence-corrected chi connectivity index (χ2v) is 8.45. The van der Waals surface area contributed by atoms with Crippen LogP contribution in [0.2, 0.25) is 5.02 Å². The molecule has 34 heavy (non-hydrogen) atoms. The van der Waals surface area contributed by atoms with Gasteiger partial charge in [-0.25, -0.2) is 0 Å².